The number of amides is 1. The molecule has 6 nitrogen and oxygen atoms in total. The first-order valence-corrected chi connectivity index (χ1v) is 10.0. The number of hydrogen-bond donors (Lipinski definition) is 2. The maximum atomic E-state index is 11.3. The van der Waals surface area contributed by atoms with E-state index < -0.39 is 0 Å². The second-order valence-electron chi connectivity index (χ2n) is 6.36. The van der Waals surface area contributed by atoms with Crippen LogP contribution in [0.5, 0.6) is 0 Å². The Morgan fingerprint density at radius 3 is 1.88 bits per heavy atom. The Kier molecular flexibility index (Phi) is 30.1. The van der Waals surface area contributed by atoms with Crippen LogP contribution in [0.4, 0.5) is 0 Å². The molecule has 0 aromatic carbocycles. The van der Waals surface area contributed by atoms with E-state index in [0.717, 1.165) is 25.8 Å². The fourth-order valence-corrected chi connectivity index (χ4v) is 1.94. The molecular weight excluding hydrogens is 330 g/mol. The second kappa shape index (κ2) is 26.3. The van der Waals surface area contributed by atoms with Gasteiger partial charge >= 0.3 is 0 Å². The van der Waals surface area contributed by atoms with Gasteiger partial charge < -0.3 is 25.1 Å². The van der Waals surface area contributed by atoms with E-state index in [4.69, 9.17) is 4.74 Å². The standard InChI is InChI=1S/C13H29N3O.C5H10O2.C2H6/c1-14-10-8-6-4-5-7-9-11-15-13(17)12-16(2)3;1-5(2)7-4-3-6;1-2/h14H,4-12H2,1-3H3,(H,15,17);3,5H,4H2,1-2H3;1-2H3. The number of aldehydes is 1. The van der Waals surface area contributed by atoms with Crippen molar-refractivity contribution >= 4 is 12.2 Å². The zero-order valence-corrected chi connectivity index (χ0v) is 18.4. The first kappa shape index (κ1) is 29.8. The molecule has 26 heavy (non-hydrogen) atoms. The largest absolute Gasteiger partial charge is 0.371 e. The number of rotatable bonds is 14. The van der Waals surface area contributed by atoms with Gasteiger partial charge in [-0.05, 0) is 54.4 Å². The molecule has 0 aliphatic carbocycles. The molecule has 0 unspecified atom stereocenters. The predicted molar refractivity (Wildman–Crippen MR) is 112 cm³/mol. The Labute approximate surface area is 162 Å². The van der Waals surface area contributed by atoms with E-state index in [1.165, 1.54) is 32.1 Å². The molecule has 0 aliphatic heterocycles. The zero-order valence-electron chi connectivity index (χ0n) is 18.4. The van der Waals surface area contributed by atoms with Crippen LogP contribution in [0.15, 0.2) is 0 Å². The minimum absolute atomic E-state index is 0.129. The van der Waals surface area contributed by atoms with Gasteiger partial charge in [0.1, 0.15) is 12.9 Å². The molecule has 158 valence electrons. The van der Waals surface area contributed by atoms with Crippen molar-refractivity contribution in [3.05, 3.63) is 0 Å². The molecule has 0 bridgehead atoms. The molecule has 0 aromatic heterocycles. The maximum Gasteiger partial charge on any atom is 0.234 e. The molecule has 0 saturated carbocycles. The molecule has 0 spiro atoms. The van der Waals surface area contributed by atoms with E-state index in [2.05, 4.69) is 10.6 Å². The maximum absolute atomic E-state index is 11.3. The summed E-state index contributed by atoms with van der Waals surface area (Å²) < 4.78 is 4.82. The van der Waals surface area contributed by atoms with Crippen LogP contribution in [0.2, 0.25) is 0 Å². The minimum atomic E-state index is 0.129. The highest BCUT2D eigenvalue weighted by atomic mass is 16.5. The van der Waals surface area contributed by atoms with Gasteiger partial charge in [-0.25, -0.2) is 0 Å². The smallest absolute Gasteiger partial charge is 0.234 e. The number of nitrogens with zero attached hydrogens (tertiary/aromatic N) is 1. The average molecular weight is 376 g/mol. The van der Waals surface area contributed by atoms with E-state index in [9.17, 15) is 9.59 Å². The topological polar surface area (TPSA) is 70.7 Å². The van der Waals surface area contributed by atoms with Crippen molar-refractivity contribution in [1.82, 2.24) is 15.5 Å². The molecule has 2 N–H and O–H groups in total. The summed E-state index contributed by atoms with van der Waals surface area (Å²) in [6, 6.07) is 0. The highest BCUT2D eigenvalue weighted by molar-refractivity contribution is 5.77. The average Bonchev–Trinajstić information content (AvgIpc) is 2.60. The molecule has 0 aromatic rings. The first-order chi connectivity index (χ1) is 12.4. The van der Waals surface area contributed by atoms with Crippen LogP contribution in [0.25, 0.3) is 0 Å². The molecule has 6 heteroatoms. The number of ether oxygens (including phenoxy) is 1. The van der Waals surface area contributed by atoms with Gasteiger partial charge in [0, 0.05) is 6.54 Å². The Balaban J connectivity index is -0.000000491. The van der Waals surface area contributed by atoms with Crippen LogP contribution in [-0.2, 0) is 14.3 Å². The van der Waals surface area contributed by atoms with Crippen molar-refractivity contribution in [2.24, 2.45) is 0 Å². The van der Waals surface area contributed by atoms with Gasteiger partial charge in [0.15, 0.2) is 0 Å². The monoisotopic (exact) mass is 375 g/mol. The van der Waals surface area contributed by atoms with E-state index >= 15 is 0 Å². The van der Waals surface area contributed by atoms with Gasteiger partial charge in [-0.15, -0.1) is 0 Å². The summed E-state index contributed by atoms with van der Waals surface area (Å²) in [5, 5.41) is 6.09. The number of likely N-dealkylation sites (N-methyl/N-ethyl adjacent to an activating group) is 1. The third kappa shape index (κ3) is 34.4. The zero-order chi connectivity index (χ0) is 20.6. The number of carbonyl (C=O) groups excluding carboxylic acids is 2. The van der Waals surface area contributed by atoms with Gasteiger partial charge in [-0.3, -0.25) is 4.79 Å². The Bertz CT molecular complexity index is 285. The lowest BCUT2D eigenvalue weighted by Gasteiger charge is -2.09. The third-order valence-corrected chi connectivity index (χ3v) is 3.13. The van der Waals surface area contributed by atoms with Crippen molar-refractivity contribution in [3.8, 4) is 0 Å². The van der Waals surface area contributed by atoms with Crippen molar-refractivity contribution in [2.75, 3.05) is 47.4 Å². The summed E-state index contributed by atoms with van der Waals surface area (Å²) in [5.41, 5.74) is 0. The van der Waals surface area contributed by atoms with E-state index in [1.54, 1.807) is 0 Å². The van der Waals surface area contributed by atoms with E-state index in [0.29, 0.717) is 6.54 Å². The van der Waals surface area contributed by atoms with Gasteiger partial charge in [0.05, 0.1) is 12.6 Å². The van der Waals surface area contributed by atoms with Crippen LogP contribution >= 0.6 is 0 Å². The molecule has 0 atom stereocenters. The van der Waals surface area contributed by atoms with Gasteiger partial charge in [-0.1, -0.05) is 39.5 Å². The van der Waals surface area contributed by atoms with Crippen molar-refractivity contribution in [1.29, 1.82) is 0 Å². The SMILES string of the molecule is CC.CC(C)OCC=O.CNCCCCCCCCNC(=O)CN(C)C. The fourth-order valence-electron chi connectivity index (χ4n) is 1.94. The summed E-state index contributed by atoms with van der Waals surface area (Å²) in [6.07, 6.45) is 8.43. The summed E-state index contributed by atoms with van der Waals surface area (Å²) in [6.45, 7) is 10.4. The van der Waals surface area contributed by atoms with Crippen LogP contribution in [0.3, 0.4) is 0 Å². The number of nitrogens with one attached hydrogen (secondary N) is 2. The lowest BCUT2D eigenvalue weighted by atomic mass is 10.1. The molecule has 0 rings (SSSR count). The van der Waals surface area contributed by atoms with Crippen molar-refractivity contribution < 1.29 is 14.3 Å². The highest BCUT2D eigenvalue weighted by Gasteiger charge is 2.00. The summed E-state index contributed by atoms with van der Waals surface area (Å²) in [5.74, 6) is 0.129. The molecule has 0 fully saturated rings. The minimum Gasteiger partial charge on any atom is -0.371 e. The lowest BCUT2D eigenvalue weighted by Crippen LogP contribution is -2.33. The molecule has 1 amide bonds. The Morgan fingerprint density at radius 1 is 1.00 bits per heavy atom. The number of unbranched alkanes of at least 4 members (excludes halogenated alkanes) is 5. The van der Waals surface area contributed by atoms with Gasteiger partial charge in [0.25, 0.3) is 0 Å². The fraction of sp³-hybridized carbons (Fsp3) is 0.900. The van der Waals surface area contributed by atoms with Crippen molar-refractivity contribution in [3.63, 3.8) is 0 Å². The molecule has 0 saturated heterocycles. The van der Waals surface area contributed by atoms with Crippen LogP contribution in [0, 0.1) is 0 Å². The quantitative estimate of drug-likeness (QED) is 0.361. The lowest BCUT2D eigenvalue weighted by molar-refractivity contribution is -0.121. The molecule has 0 radical (unpaired) electrons. The second-order valence-corrected chi connectivity index (χ2v) is 6.36. The van der Waals surface area contributed by atoms with Gasteiger partial charge in [-0.2, -0.15) is 0 Å². The summed E-state index contributed by atoms with van der Waals surface area (Å²) in [4.78, 5) is 22.8. The molecule has 0 aliphatic rings. The molecular formula is C20H45N3O3. The van der Waals surface area contributed by atoms with Crippen LogP contribution < -0.4 is 10.6 Å². The first-order valence-electron chi connectivity index (χ1n) is 10.0. The van der Waals surface area contributed by atoms with E-state index in [-0.39, 0.29) is 18.6 Å². The van der Waals surface area contributed by atoms with Crippen molar-refractivity contribution in [2.45, 2.75) is 72.3 Å². The van der Waals surface area contributed by atoms with Crippen LogP contribution in [0.1, 0.15) is 66.2 Å². The number of carbonyl (C=O) groups is 2. The summed E-state index contributed by atoms with van der Waals surface area (Å²) in [7, 11) is 5.81. The highest BCUT2D eigenvalue weighted by Crippen LogP contribution is 2.04. The predicted octanol–water partition coefficient (Wildman–Crippen LogP) is 2.86. The third-order valence-electron chi connectivity index (χ3n) is 3.13. The van der Waals surface area contributed by atoms with Crippen LogP contribution in [-0.4, -0.2) is 70.6 Å². The van der Waals surface area contributed by atoms with E-state index in [1.807, 2.05) is 53.7 Å². The molecule has 0 heterocycles. The Hall–Kier alpha value is -0.980. The number of hydrogen-bond acceptors (Lipinski definition) is 5. The normalized spacial score (nSPS) is 9.88. The van der Waals surface area contributed by atoms with Gasteiger partial charge in [0.2, 0.25) is 5.91 Å². The summed E-state index contributed by atoms with van der Waals surface area (Å²) >= 11 is 0. The Morgan fingerprint density at radius 2 is 1.50 bits per heavy atom.